The van der Waals surface area contributed by atoms with Crippen LogP contribution >= 0.6 is 0 Å². The first-order chi connectivity index (χ1) is 9.38. The molecule has 0 atom stereocenters. The predicted octanol–water partition coefficient (Wildman–Crippen LogP) is 2.00. The van der Waals surface area contributed by atoms with E-state index in [1.807, 2.05) is 45.6 Å². The molecule has 0 aliphatic heterocycles. The Kier molecular flexibility index (Phi) is 3.92. The second-order valence-corrected chi connectivity index (χ2v) is 5.30. The van der Waals surface area contributed by atoms with Crippen LogP contribution in [0.2, 0.25) is 0 Å². The molecule has 0 unspecified atom stereocenters. The van der Waals surface area contributed by atoms with Crippen LogP contribution in [0, 0.1) is 13.8 Å². The van der Waals surface area contributed by atoms with Crippen LogP contribution in [0.1, 0.15) is 36.8 Å². The second-order valence-electron chi connectivity index (χ2n) is 5.30. The van der Waals surface area contributed by atoms with E-state index < -0.39 is 0 Å². The van der Waals surface area contributed by atoms with Gasteiger partial charge in [-0.3, -0.25) is 14.2 Å². The first kappa shape index (κ1) is 14.3. The number of hydrogen-bond donors (Lipinski definition) is 1. The van der Waals surface area contributed by atoms with E-state index >= 15 is 0 Å². The van der Waals surface area contributed by atoms with Gasteiger partial charge in [0, 0.05) is 30.5 Å². The summed E-state index contributed by atoms with van der Waals surface area (Å²) in [5.41, 5.74) is 3.64. The highest BCUT2D eigenvalue weighted by atomic mass is 16.1. The SMILES string of the molecule is Cc1nn(C)c(C)c1CC(=O)Nc1cnn(C(C)C)c1. The second kappa shape index (κ2) is 5.48. The quantitative estimate of drug-likeness (QED) is 0.928. The van der Waals surface area contributed by atoms with E-state index in [1.54, 1.807) is 10.9 Å². The molecule has 2 rings (SSSR count). The maximum absolute atomic E-state index is 12.1. The number of aromatic nitrogens is 4. The van der Waals surface area contributed by atoms with Crippen molar-refractivity contribution in [3.05, 3.63) is 29.3 Å². The van der Waals surface area contributed by atoms with E-state index in [9.17, 15) is 4.79 Å². The summed E-state index contributed by atoms with van der Waals surface area (Å²) in [4.78, 5) is 12.1. The lowest BCUT2D eigenvalue weighted by Gasteiger charge is -2.05. The van der Waals surface area contributed by atoms with E-state index in [1.165, 1.54) is 0 Å². The number of nitrogens with zero attached hydrogens (tertiary/aromatic N) is 4. The van der Waals surface area contributed by atoms with E-state index in [0.29, 0.717) is 6.42 Å². The zero-order chi connectivity index (χ0) is 14.9. The van der Waals surface area contributed by atoms with E-state index in [0.717, 1.165) is 22.6 Å². The van der Waals surface area contributed by atoms with Gasteiger partial charge in [0.1, 0.15) is 0 Å². The van der Waals surface area contributed by atoms with E-state index in [4.69, 9.17) is 0 Å². The van der Waals surface area contributed by atoms with Gasteiger partial charge in [0.05, 0.1) is 24.0 Å². The minimum atomic E-state index is -0.0486. The fraction of sp³-hybridized carbons (Fsp3) is 0.500. The van der Waals surface area contributed by atoms with Crippen LogP contribution in [0.15, 0.2) is 12.4 Å². The topological polar surface area (TPSA) is 64.7 Å². The Labute approximate surface area is 118 Å². The van der Waals surface area contributed by atoms with E-state index in [-0.39, 0.29) is 11.9 Å². The van der Waals surface area contributed by atoms with Crippen LogP contribution in [0.3, 0.4) is 0 Å². The molecule has 0 saturated carbocycles. The van der Waals surface area contributed by atoms with Crippen molar-refractivity contribution in [2.75, 3.05) is 5.32 Å². The monoisotopic (exact) mass is 275 g/mol. The number of rotatable bonds is 4. The normalized spacial score (nSPS) is 11.1. The minimum Gasteiger partial charge on any atom is -0.323 e. The predicted molar refractivity (Wildman–Crippen MR) is 77.6 cm³/mol. The van der Waals surface area contributed by atoms with Crippen molar-refractivity contribution in [1.29, 1.82) is 0 Å². The molecule has 0 fully saturated rings. The van der Waals surface area contributed by atoms with Crippen LogP contribution in [-0.4, -0.2) is 25.5 Å². The highest BCUT2D eigenvalue weighted by molar-refractivity contribution is 5.92. The zero-order valence-corrected chi connectivity index (χ0v) is 12.6. The van der Waals surface area contributed by atoms with Crippen LogP contribution in [0.5, 0.6) is 0 Å². The lowest BCUT2D eigenvalue weighted by atomic mass is 10.1. The highest BCUT2D eigenvalue weighted by Gasteiger charge is 2.14. The smallest absolute Gasteiger partial charge is 0.229 e. The molecule has 0 aliphatic rings. The first-order valence-electron chi connectivity index (χ1n) is 6.71. The van der Waals surface area contributed by atoms with Gasteiger partial charge in [0.2, 0.25) is 5.91 Å². The number of amides is 1. The summed E-state index contributed by atoms with van der Waals surface area (Å²) in [6, 6.07) is 0.281. The average molecular weight is 275 g/mol. The summed E-state index contributed by atoms with van der Waals surface area (Å²) in [5, 5.41) is 11.4. The van der Waals surface area contributed by atoms with Gasteiger partial charge < -0.3 is 5.32 Å². The molecule has 2 heterocycles. The largest absolute Gasteiger partial charge is 0.323 e. The fourth-order valence-electron chi connectivity index (χ4n) is 2.12. The maximum Gasteiger partial charge on any atom is 0.229 e. The molecular weight excluding hydrogens is 254 g/mol. The van der Waals surface area contributed by atoms with Gasteiger partial charge in [-0.05, 0) is 27.7 Å². The summed E-state index contributed by atoms with van der Waals surface area (Å²) in [7, 11) is 1.89. The van der Waals surface area contributed by atoms with Crippen molar-refractivity contribution in [3.63, 3.8) is 0 Å². The molecule has 108 valence electrons. The summed E-state index contributed by atoms with van der Waals surface area (Å²) in [6.07, 6.45) is 3.84. The fourth-order valence-corrected chi connectivity index (χ4v) is 2.12. The van der Waals surface area contributed by atoms with E-state index in [2.05, 4.69) is 15.5 Å². The van der Waals surface area contributed by atoms with Gasteiger partial charge >= 0.3 is 0 Å². The standard InChI is InChI=1S/C14H21N5O/c1-9(2)19-8-12(7-15-19)16-14(20)6-13-10(3)17-18(5)11(13)4/h7-9H,6H2,1-5H3,(H,16,20). The molecule has 0 aliphatic carbocycles. The van der Waals surface area contributed by atoms with Gasteiger partial charge in [-0.1, -0.05) is 0 Å². The van der Waals surface area contributed by atoms with Gasteiger partial charge in [0.25, 0.3) is 0 Å². The lowest BCUT2D eigenvalue weighted by Crippen LogP contribution is -2.15. The maximum atomic E-state index is 12.1. The molecule has 6 nitrogen and oxygen atoms in total. The molecule has 0 aromatic carbocycles. The first-order valence-corrected chi connectivity index (χ1v) is 6.71. The van der Waals surface area contributed by atoms with Crippen molar-refractivity contribution < 1.29 is 4.79 Å². The molecular formula is C14H21N5O. The van der Waals surface area contributed by atoms with Gasteiger partial charge in [0.15, 0.2) is 0 Å². The number of hydrogen-bond acceptors (Lipinski definition) is 3. The van der Waals surface area contributed by atoms with Crippen molar-refractivity contribution in [2.45, 2.75) is 40.2 Å². The molecule has 0 bridgehead atoms. The molecule has 2 aromatic rings. The third-order valence-corrected chi connectivity index (χ3v) is 3.41. The Morgan fingerprint density at radius 3 is 2.60 bits per heavy atom. The third-order valence-electron chi connectivity index (χ3n) is 3.41. The third kappa shape index (κ3) is 2.89. The average Bonchev–Trinajstić information content (AvgIpc) is 2.91. The number of carbonyl (C=O) groups is 1. The Morgan fingerprint density at radius 1 is 1.40 bits per heavy atom. The van der Waals surface area contributed by atoms with Crippen molar-refractivity contribution in [2.24, 2.45) is 7.05 Å². The van der Waals surface area contributed by atoms with Crippen LogP contribution in [0.4, 0.5) is 5.69 Å². The Hall–Kier alpha value is -2.11. The molecule has 6 heteroatoms. The van der Waals surface area contributed by atoms with Crippen molar-refractivity contribution in [3.8, 4) is 0 Å². The van der Waals surface area contributed by atoms with Gasteiger partial charge in [-0.15, -0.1) is 0 Å². The van der Waals surface area contributed by atoms with Crippen molar-refractivity contribution in [1.82, 2.24) is 19.6 Å². The number of nitrogens with one attached hydrogen (secondary N) is 1. The molecule has 0 saturated heterocycles. The molecule has 1 amide bonds. The van der Waals surface area contributed by atoms with Crippen LogP contribution in [0.25, 0.3) is 0 Å². The Morgan fingerprint density at radius 2 is 2.10 bits per heavy atom. The molecule has 2 aromatic heterocycles. The summed E-state index contributed by atoms with van der Waals surface area (Å²) < 4.78 is 3.62. The summed E-state index contributed by atoms with van der Waals surface area (Å²) in [6.45, 7) is 7.98. The van der Waals surface area contributed by atoms with Crippen molar-refractivity contribution >= 4 is 11.6 Å². The van der Waals surface area contributed by atoms with Gasteiger partial charge in [-0.2, -0.15) is 10.2 Å². The highest BCUT2D eigenvalue weighted by Crippen LogP contribution is 2.14. The summed E-state index contributed by atoms with van der Waals surface area (Å²) >= 11 is 0. The molecule has 20 heavy (non-hydrogen) atoms. The van der Waals surface area contributed by atoms with Crippen LogP contribution in [-0.2, 0) is 18.3 Å². The Balaban J connectivity index is 2.05. The van der Waals surface area contributed by atoms with Gasteiger partial charge in [-0.25, -0.2) is 0 Å². The zero-order valence-electron chi connectivity index (χ0n) is 12.6. The number of anilines is 1. The minimum absolute atomic E-state index is 0.0486. The molecule has 0 radical (unpaired) electrons. The molecule has 1 N–H and O–H groups in total. The summed E-state index contributed by atoms with van der Waals surface area (Å²) in [5.74, 6) is -0.0486. The number of aryl methyl sites for hydroxylation is 2. The van der Waals surface area contributed by atoms with Crippen LogP contribution < -0.4 is 5.32 Å². The Bertz CT molecular complexity index is 624. The lowest BCUT2D eigenvalue weighted by molar-refractivity contribution is -0.115. The molecule has 0 spiro atoms. The number of carbonyl (C=O) groups excluding carboxylic acids is 1.